The topological polar surface area (TPSA) is 49.9 Å². The van der Waals surface area contributed by atoms with Gasteiger partial charge in [0.15, 0.2) is 0 Å². The van der Waals surface area contributed by atoms with Crippen LogP contribution in [0.3, 0.4) is 0 Å². The van der Waals surface area contributed by atoms with Crippen LogP contribution in [0.5, 0.6) is 0 Å². The Kier molecular flexibility index (Phi) is 6.12. The zero-order valence-electron chi connectivity index (χ0n) is 12.1. The quantitative estimate of drug-likeness (QED) is 0.596. The van der Waals surface area contributed by atoms with Crippen LogP contribution in [0.25, 0.3) is 5.70 Å². The van der Waals surface area contributed by atoms with E-state index in [1.54, 1.807) is 31.2 Å². The molecule has 0 aliphatic heterocycles. The first-order valence-corrected chi connectivity index (χ1v) is 6.72. The molecule has 0 bridgehead atoms. The lowest BCUT2D eigenvalue weighted by atomic mass is 10.1. The largest absolute Gasteiger partial charge is 0.398 e. The summed E-state index contributed by atoms with van der Waals surface area (Å²) < 4.78 is 12.9. The number of hydrogen-bond acceptors (Lipinski definition) is 2. The smallest absolute Gasteiger partial charge is 0.123 e. The van der Waals surface area contributed by atoms with E-state index in [2.05, 4.69) is 6.58 Å². The van der Waals surface area contributed by atoms with Gasteiger partial charge in [-0.1, -0.05) is 42.5 Å². The van der Waals surface area contributed by atoms with Crippen molar-refractivity contribution in [1.29, 1.82) is 5.41 Å². The normalized spacial score (nSPS) is 13.7. The van der Waals surface area contributed by atoms with Crippen LogP contribution in [0, 0.1) is 11.2 Å². The molecule has 4 heteroatoms. The monoisotopic (exact) mass is 304 g/mol. The summed E-state index contributed by atoms with van der Waals surface area (Å²) in [6.45, 7) is 7.23. The molecule has 21 heavy (non-hydrogen) atoms. The van der Waals surface area contributed by atoms with Crippen LogP contribution in [0.2, 0.25) is 0 Å². The maximum Gasteiger partial charge on any atom is 0.123 e. The molecular formula is C17H18ClFN2. The molecule has 2 nitrogen and oxygen atoms in total. The Balaban J connectivity index is 2.98. The third-order valence-electron chi connectivity index (χ3n) is 2.89. The first-order chi connectivity index (χ1) is 9.85. The fourth-order valence-corrected chi connectivity index (χ4v) is 1.68. The van der Waals surface area contributed by atoms with Crippen LogP contribution in [0.4, 0.5) is 4.39 Å². The molecule has 0 aromatic heterocycles. The number of halogens is 2. The van der Waals surface area contributed by atoms with E-state index in [-0.39, 0.29) is 11.5 Å². The van der Waals surface area contributed by atoms with E-state index >= 15 is 0 Å². The molecular weight excluding hydrogens is 287 g/mol. The molecule has 0 atom stereocenters. The molecule has 1 rings (SSSR count). The molecule has 1 aromatic carbocycles. The molecule has 0 spiro atoms. The second-order valence-corrected chi connectivity index (χ2v) is 4.99. The van der Waals surface area contributed by atoms with Gasteiger partial charge in [0.05, 0.1) is 5.71 Å². The number of rotatable bonds is 5. The number of nitrogens with one attached hydrogen (secondary N) is 1. The lowest BCUT2D eigenvalue weighted by molar-refractivity contribution is 0.627. The maximum absolute atomic E-state index is 12.9. The summed E-state index contributed by atoms with van der Waals surface area (Å²) in [4.78, 5) is 0. The summed E-state index contributed by atoms with van der Waals surface area (Å²) in [7, 11) is 0. The van der Waals surface area contributed by atoms with Crippen LogP contribution < -0.4 is 5.73 Å². The number of hydrogen-bond donors (Lipinski definition) is 2. The zero-order valence-corrected chi connectivity index (χ0v) is 12.8. The fourth-order valence-electron chi connectivity index (χ4n) is 1.63. The van der Waals surface area contributed by atoms with E-state index in [9.17, 15) is 4.39 Å². The van der Waals surface area contributed by atoms with E-state index in [1.165, 1.54) is 18.2 Å². The summed E-state index contributed by atoms with van der Waals surface area (Å²) in [6.07, 6.45) is 4.88. The zero-order chi connectivity index (χ0) is 16.0. The van der Waals surface area contributed by atoms with E-state index in [1.807, 2.05) is 6.92 Å². The third-order valence-corrected chi connectivity index (χ3v) is 3.34. The van der Waals surface area contributed by atoms with Gasteiger partial charge in [0.25, 0.3) is 0 Å². The summed E-state index contributed by atoms with van der Waals surface area (Å²) >= 11 is 5.95. The van der Waals surface area contributed by atoms with Gasteiger partial charge in [-0.15, -0.1) is 0 Å². The first kappa shape index (κ1) is 16.9. The van der Waals surface area contributed by atoms with Crippen LogP contribution in [-0.4, -0.2) is 5.71 Å². The van der Waals surface area contributed by atoms with Gasteiger partial charge in [0.1, 0.15) is 5.82 Å². The molecule has 1 aromatic rings. The van der Waals surface area contributed by atoms with Gasteiger partial charge >= 0.3 is 0 Å². The minimum Gasteiger partial charge on any atom is -0.398 e. The highest BCUT2D eigenvalue weighted by atomic mass is 35.5. The van der Waals surface area contributed by atoms with Gasteiger partial charge < -0.3 is 11.1 Å². The molecule has 0 amide bonds. The van der Waals surface area contributed by atoms with Crippen molar-refractivity contribution in [2.24, 2.45) is 5.73 Å². The van der Waals surface area contributed by atoms with E-state index in [0.717, 1.165) is 11.1 Å². The van der Waals surface area contributed by atoms with Gasteiger partial charge in [-0.2, -0.15) is 0 Å². The number of allylic oxidation sites excluding steroid dienone is 6. The Hall–Kier alpha value is -2.13. The fraction of sp³-hybridized carbons (Fsp3) is 0.118. The predicted octanol–water partition coefficient (Wildman–Crippen LogP) is 4.79. The Bertz CT molecular complexity index is 637. The van der Waals surface area contributed by atoms with Gasteiger partial charge in [-0.3, -0.25) is 0 Å². The molecule has 110 valence electrons. The highest BCUT2D eigenvalue weighted by Gasteiger charge is 2.02. The number of nitrogens with two attached hydrogens (primary N) is 1. The van der Waals surface area contributed by atoms with Crippen molar-refractivity contribution in [1.82, 2.24) is 0 Å². The molecule has 0 saturated carbocycles. The average molecular weight is 305 g/mol. The van der Waals surface area contributed by atoms with Crippen LogP contribution in [-0.2, 0) is 0 Å². The molecule has 0 fully saturated rings. The SMILES string of the molecule is C=C/C(Cl)=C(C)\C=C(/C)C(=N)C=C(N)c1ccc(F)cc1. The Labute approximate surface area is 129 Å². The molecule has 0 saturated heterocycles. The van der Waals surface area contributed by atoms with E-state index in [4.69, 9.17) is 22.7 Å². The average Bonchev–Trinajstić information content (AvgIpc) is 2.46. The maximum atomic E-state index is 12.9. The Morgan fingerprint density at radius 3 is 2.33 bits per heavy atom. The van der Waals surface area contributed by atoms with Crippen molar-refractivity contribution in [2.45, 2.75) is 13.8 Å². The third kappa shape index (κ3) is 5.04. The van der Waals surface area contributed by atoms with Crippen LogP contribution in [0.15, 0.2) is 65.3 Å². The van der Waals surface area contributed by atoms with Gasteiger partial charge in [0.2, 0.25) is 0 Å². The van der Waals surface area contributed by atoms with Crippen molar-refractivity contribution in [3.05, 3.63) is 76.6 Å². The van der Waals surface area contributed by atoms with Crippen molar-refractivity contribution in [3.8, 4) is 0 Å². The van der Waals surface area contributed by atoms with E-state index in [0.29, 0.717) is 16.3 Å². The van der Waals surface area contributed by atoms with Crippen LogP contribution in [0.1, 0.15) is 19.4 Å². The number of benzene rings is 1. The lowest BCUT2D eigenvalue weighted by Crippen LogP contribution is -2.02. The highest BCUT2D eigenvalue weighted by Crippen LogP contribution is 2.15. The standard InChI is InChI=1S/C17H18ClFN2/c1-4-15(18)11(2)9-12(3)16(20)10-17(21)13-5-7-14(19)8-6-13/h4-10,20H,1,21H2,2-3H3/b12-9+,15-11+,17-10?,20-16?. The van der Waals surface area contributed by atoms with Crippen molar-refractivity contribution in [3.63, 3.8) is 0 Å². The van der Waals surface area contributed by atoms with E-state index < -0.39 is 0 Å². The van der Waals surface area contributed by atoms with Crippen molar-refractivity contribution < 1.29 is 4.39 Å². The Morgan fingerprint density at radius 2 is 1.81 bits per heavy atom. The van der Waals surface area contributed by atoms with Gasteiger partial charge in [0, 0.05) is 10.7 Å². The summed E-state index contributed by atoms with van der Waals surface area (Å²) in [5.41, 5.74) is 8.81. The molecule has 0 unspecified atom stereocenters. The summed E-state index contributed by atoms with van der Waals surface area (Å²) in [5, 5.41) is 8.56. The lowest BCUT2D eigenvalue weighted by Gasteiger charge is -2.05. The second-order valence-electron chi connectivity index (χ2n) is 4.58. The predicted molar refractivity (Wildman–Crippen MR) is 88.8 cm³/mol. The van der Waals surface area contributed by atoms with Gasteiger partial charge in [-0.25, -0.2) is 4.39 Å². The molecule has 0 heterocycles. The van der Waals surface area contributed by atoms with Crippen molar-refractivity contribution in [2.75, 3.05) is 0 Å². The molecule has 0 aliphatic carbocycles. The molecule has 0 radical (unpaired) electrons. The van der Waals surface area contributed by atoms with Crippen LogP contribution >= 0.6 is 11.6 Å². The summed E-state index contributed by atoms with van der Waals surface area (Å²) in [5.74, 6) is -0.322. The Morgan fingerprint density at radius 1 is 1.24 bits per heavy atom. The molecule has 0 aliphatic rings. The molecule has 3 N–H and O–H groups in total. The highest BCUT2D eigenvalue weighted by molar-refractivity contribution is 6.31. The van der Waals surface area contributed by atoms with Gasteiger partial charge in [-0.05, 0) is 48.8 Å². The minimum atomic E-state index is -0.322. The first-order valence-electron chi connectivity index (χ1n) is 6.34. The minimum absolute atomic E-state index is 0.268. The van der Waals surface area contributed by atoms with Crippen molar-refractivity contribution >= 4 is 23.0 Å². The second kappa shape index (κ2) is 7.60. The summed E-state index contributed by atoms with van der Waals surface area (Å²) in [6, 6.07) is 5.82.